The van der Waals surface area contributed by atoms with Gasteiger partial charge in [0.1, 0.15) is 0 Å². The Balaban J connectivity index is 1.69. The first-order valence-electron chi connectivity index (χ1n) is 11.3. The first-order valence-corrected chi connectivity index (χ1v) is 12.8. The number of hydrogen-bond acceptors (Lipinski definition) is 4. The van der Waals surface area contributed by atoms with Gasteiger partial charge in [0, 0.05) is 36.1 Å². The first-order chi connectivity index (χ1) is 15.8. The van der Waals surface area contributed by atoms with E-state index in [-0.39, 0.29) is 16.5 Å². The van der Waals surface area contributed by atoms with Crippen LogP contribution in [-0.4, -0.2) is 36.2 Å². The van der Waals surface area contributed by atoms with Crippen molar-refractivity contribution in [1.29, 1.82) is 0 Å². The standard InChI is InChI=1S/C25H29N3O4S/c1-3-19-6-4-5-13-28(19)33(31,32)20-11-12-23-21(14-20)22(15-24(29)27-23)25(30)26-16-18-9-7-17(2)8-10-18/h7-12,14-15,19H,3-6,13,16H2,1-2H3,(H,26,30)(H,27,29)/t19-/m0/s1. The summed E-state index contributed by atoms with van der Waals surface area (Å²) in [5.74, 6) is -0.425. The molecule has 1 saturated heterocycles. The van der Waals surface area contributed by atoms with Crippen LogP contribution in [0, 0.1) is 6.92 Å². The summed E-state index contributed by atoms with van der Waals surface area (Å²) in [5.41, 5.74) is 2.22. The number of aryl methyl sites for hydroxylation is 1. The SMILES string of the molecule is CC[C@H]1CCCCN1S(=O)(=O)c1ccc2[nH]c(=O)cc(C(=O)NCc3ccc(C)cc3)c2c1. The smallest absolute Gasteiger partial charge is 0.252 e. The molecular formula is C25H29N3O4S. The molecule has 3 aromatic rings. The van der Waals surface area contributed by atoms with Gasteiger partial charge in [0.25, 0.3) is 5.91 Å². The van der Waals surface area contributed by atoms with E-state index in [9.17, 15) is 18.0 Å². The monoisotopic (exact) mass is 467 g/mol. The highest BCUT2D eigenvalue weighted by Crippen LogP contribution is 2.29. The molecule has 1 fully saturated rings. The third kappa shape index (κ3) is 4.86. The minimum Gasteiger partial charge on any atom is -0.348 e. The summed E-state index contributed by atoms with van der Waals surface area (Å²) in [6, 6.07) is 13.6. The number of sulfonamides is 1. The number of aromatic nitrogens is 1. The summed E-state index contributed by atoms with van der Waals surface area (Å²) in [7, 11) is -3.72. The molecule has 1 aromatic heterocycles. The molecule has 0 bridgehead atoms. The number of amides is 1. The maximum Gasteiger partial charge on any atom is 0.252 e. The lowest BCUT2D eigenvalue weighted by Gasteiger charge is -2.34. The molecule has 174 valence electrons. The van der Waals surface area contributed by atoms with Crippen LogP contribution in [-0.2, 0) is 16.6 Å². The minimum absolute atomic E-state index is 0.0210. The van der Waals surface area contributed by atoms with E-state index < -0.39 is 21.5 Å². The highest BCUT2D eigenvalue weighted by Gasteiger charge is 2.32. The summed E-state index contributed by atoms with van der Waals surface area (Å²) in [4.78, 5) is 28.0. The summed E-state index contributed by atoms with van der Waals surface area (Å²) in [6.45, 7) is 4.79. The predicted molar refractivity (Wildman–Crippen MR) is 129 cm³/mol. The largest absolute Gasteiger partial charge is 0.348 e. The third-order valence-corrected chi connectivity index (χ3v) is 8.23. The van der Waals surface area contributed by atoms with Gasteiger partial charge < -0.3 is 10.3 Å². The number of carbonyl (C=O) groups is 1. The number of nitrogens with one attached hydrogen (secondary N) is 2. The number of nitrogens with zero attached hydrogens (tertiary/aromatic N) is 1. The highest BCUT2D eigenvalue weighted by atomic mass is 32.2. The molecule has 0 spiro atoms. The van der Waals surface area contributed by atoms with Crippen molar-refractivity contribution in [2.75, 3.05) is 6.54 Å². The molecular weight excluding hydrogens is 438 g/mol. The second-order valence-electron chi connectivity index (χ2n) is 8.60. The van der Waals surface area contributed by atoms with Crippen molar-refractivity contribution >= 4 is 26.8 Å². The number of piperidine rings is 1. The Labute approximate surface area is 193 Å². The molecule has 1 aliphatic heterocycles. The van der Waals surface area contributed by atoms with Crippen LogP contribution in [0.5, 0.6) is 0 Å². The van der Waals surface area contributed by atoms with E-state index in [2.05, 4.69) is 10.3 Å². The summed E-state index contributed by atoms with van der Waals surface area (Å²) >= 11 is 0. The van der Waals surface area contributed by atoms with Gasteiger partial charge in [0.2, 0.25) is 15.6 Å². The molecule has 0 saturated carbocycles. The van der Waals surface area contributed by atoms with Crippen LogP contribution in [0.2, 0.25) is 0 Å². The van der Waals surface area contributed by atoms with Crippen molar-refractivity contribution in [3.8, 4) is 0 Å². The molecule has 8 heteroatoms. The maximum absolute atomic E-state index is 13.4. The van der Waals surface area contributed by atoms with Crippen LogP contribution >= 0.6 is 0 Å². The van der Waals surface area contributed by atoms with E-state index in [1.165, 1.54) is 18.2 Å². The summed E-state index contributed by atoms with van der Waals surface area (Å²) in [6.07, 6.45) is 3.47. The van der Waals surface area contributed by atoms with E-state index in [4.69, 9.17) is 0 Å². The van der Waals surface area contributed by atoms with Gasteiger partial charge in [0.05, 0.1) is 10.5 Å². The van der Waals surface area contributed by atoms with E-state index >= 15 is 0 Å². The minimum atomic E-state index is -3.72. The van der Waals surface area contributed by atoms with Gasteiger partial charge in [-0.2, -0.15) is 4.31 Å². The van der Waals surface area contributed by atoms with Crippen LogP contribution < -0.4 is 10.9 Å². The van der Waals surface area contributed by atoms with Crippen molar-refractivity contribution in [3.05, 3.63) is 75.6 Å². The third-order valence-electron chi connectivity index (χ3n) is 6.28. The Morgan fingerprint density at radius 2 is 1.88 bits per heavy atom. The van der Waals surface area contributed by atoms with Gasteiger partial charge in [-0.1, -0.05) is 43.2 Å². The van der Waals surface area contributed by atoms with Crippen molar-refractivity contribution in [2.45, 2.75) is 57.0 Å². The average Bonchev–Trinajstić information content (AvgIpc) is 2.82. The second-order valence-corrected chi connectivity index (χ2v) is 10.5. The molecule has 0 radical (unpaired) electrons. The van der Waals surface area contributed by atoms with E-state index in [0.29, 0.717) is 24.0 Å². The number of pyridine rings is 1. The first kappa shape index (κ1) is 23.2. The highest BCUT2D eigenvalue weighted by molar-refractivity contribution is 7.89. The Morgan fingerprint density at radius 3 is 2.61 bits per heavy atom. The predicted octanol–water partition coefficient (Wildman–Crippen LogP) is 3.72. The van der Waals surface area contributed by atoms with Crippen LogP contribution in [0.3, 0.4) is 0 Å². The van der Waals surface area contributed by atoms with Crippen molar-refractivity contribution < 1.29 is 13.2 Å². The van der Waals surface area contributed by atoms with Gasteiger partial charge in [0.15, 0.2) is 0 Å². The van der Waals surface area contributed by atoms with Crippen LogP contribution in [0.15, 0.2) is 58.2 Å². The number of benzene rings is 2. The number of fused-ring (bicyclic) bond motifs is 1. The Hall–Kier alpha value is -2.97. The summed E-state index contributed by atoms with van der Waals surface area (Å²) in [5, 5.41) is 3.25. The Bertz CT molecular complexity index is 1330. The lowest BCUT2D eigenvalue weighted by Crippen LogP contribution is -2.43. The summed E-state index contributed by atoms with van der Waals surface area (Å²) < 4.78 is 28.5. The molecule has 2 heterocycles. The fourth-order valence-electron chi connectivity index (χ4n) is 4.40. The molecule has 2 N–H and O–H groups in total. The molecule has 0 aliphatic carbocycles. The lowest BCUT2D eigenvalue weighted by molar-refractivity contribution is 0.0952. The molecule has 1 aliphatic rings. The normalized spacial score (nSPS) is 17.2. The van der Waals surface area contributed by atoms with Crippen molar-refractivity contribution in [2.24, 2.45) is 0 Å². The molecule has 7 nitrogen and oxygen atoms in total. The van der Waals surface area contributed by atoms with Gasteiger partial charge in [-0.15, -0.1) is 0 Å². The maximum atomic E-state index is 13.4. The lowest BCUT2D eigenvalue weighted by atomic mass is 10.0. The molecule has 2 aromatic carbocycles. The Kier molecular flexibility index (Phi) is 6.67. The van der Waals surface area contributed by atoms with E-state index in [1.54, 1.807) is 10.4 Å². The number of hydrogen-bond donors (Lipinski definition) is 2. The zero-order valence-electron chi connectivity index (χ0n) is 18.9. The van der Waals surface area contributed by atoms with Gasteiger partial charge in [-0.05, 0) is 49.9 Å². The zero-order chi connectivity index (χ0) is 23.6. The van der Waals surface area contributed by atoms with Gasteiger partial charge in [-0.3, -0.25) is 9.59 Å². The molecule has 33 heavy (non-hydrogen) atoms. The fourth-order valence-corrected chi connectivity index (χ4v) is 6.19. The fraction of sp³-hybridized carbons (Fsp3) is 0.360. The van der Waals surface area contributed by atoms with Gasteiger partial charge >= 0.3 is 0 Å². The number of aromatic amines is 1. The Morgan fingerprint density at radius 1 is 1.12 bits per heavy atom. The molecule has 4 rings (SSSR count). The average molecular weight is 468 g/mol. The number of rotatable bonds is 6. The van der Waals surface area contributed by atoms with Crippen molar-refractivity contribution in [3.63, 3.8) is 0 Å². The van der Waals surface area contributed by atoms with Gasteiger partial charge in [-0.25, -0.2) is 8.42 Å². The van der Waals surface area contributed by atoms with Crippen LogP contribution in [0.1, 0.15) is 54.1 Å². The van der Waals surface area contributed by atoms with E-state index in [1.807, 2.05) is 38.1 Å². The molecule has 0 unspecified atom stereocenters. The number of H-pyrrole nitrogens is 1. The van der Waals surface area contributed by atoms with E-state index in [0.717, 1.165) is 36.8 Å². The van der Waals surface area contributed by atoms with Crippen LogP contribution in [0.4, 0.5) is 0 Å². The topological polar surface area (TPSA) is 99.3 Å². The zero-order valence-corrected chi connectivity index (χ0v) is 19.7. The van der Waals surface area contributed by atoms with Crippen molar-refractivity contribution in [1.82, 2.24) is 14.6 Å². The quantitative estimate of drug-likeness (QED) is 0.577. The number of carbonyl (C=O) groups excluding carboxylic acids is 1. The molecule has 1 atom stereocenters. The second kappa shape index (κ2) is 9.49. The molecule has 1 amide bonds. The van der Waals surface area contributed by atoms with Crippen LogP contribution in [0.25, 0.3) is 10.9 Å².